The van der Waals surface area contributed by atoms with E-state index in [0.29, 0.717) is 31.5 Å². The average Bonchev–Trinajstić information content (AvgIpc) is 4.07. The van der Waals surface area contributed by atoms with E-state index in [0.717, 1.165) is 101 Å². The van der Waals surface area contributed by atoms with Crippen LogP contribution in [0.3, 0.4) is 0 Å². The molecular weight excluding hydrogens is 737 g/mol. The standard InChI is InChI=1S/C52H42N8/c1-5-9-34-19-23-53-44(27-34)49-43-18-17-41(59-43)32-40-14-13-38(57-40)31-39-15-16-42(58-39)33-47-50(45-28-35(10-6-2)20-24-54-45)51(46-29-36(11-7-3)21-25-55-46)52(49)60(47)48-30-37(12-8-4)22-26-56-48/h5-8,13-33,57H,1-4,9-12H2. The molecule has 2 aliphatic heterocycles. The second-order valence-corrected chi connectivity index (χ2v) is 14.7. The summed E-state index contributed by atoms with van der Waals surface area (Å²) >= 11 is 0. The Morgan fingerprint density at radius 1 is 0.467 bits per heavy atom. The fourth-order valence-electron chi connectivity index (χ4n) is 7.88. The molecule has 0 saturated carbocycles. The van der Waals surface area contributed by atoms with E-state index in [1.54, 1.807) is 0 Å². The summed E-state index contributed by atoms with van der Waals surface area (Å²) in [5.41, 5.74) is 15.6. The van der Waals surface area contributed by atoms with Crippen molar-refractivity contribution in [2.75, 3.05) is 0 Å². The number of nitrogens with one attached hydrogen (secondary N) is 1. The third kappa shape index (κ3) is 7.50. The molecule has 9 heterocycles. The molecule has 2 aliphatic rings. The molecule has 0 unspecified atom stereocenters. The molecule has 60 heavy (non-hydrogen) atoms. The Bertz CT molecular complexity index is 3090. The number of fused-ring (bicyclic) bond motifs is 8. The molecule has 0 fully saturated rings. The van der Waals surface area contributed by atoms with Crippen LogP contribution in [0.15, 0.2) is 154 Å². The molecule has 0 amide bonds. The largest absolute Gasteiger partial charge is 0.355 e. The SMILES string of the molecule is C=CCc1ccnc(-c2c(-c3cc(CC=C)ccn3)c3c(-c4cc(CC=C)ccn4)c4nc(cc5ccc(cc6nc(cc2n3-c2cc(CC=C)ccn2)C=C6)[nH]5)C=C4)c1. The van der Waals surface area contributed by atoms with Crippen molar-refractivity contribution in [1.82, 2.24) is 39.5 Å². The van der Waals surface area contributed by atoms with Gasteiger partial charge in [0.25, 0.3) is 0 Å². The van der Waals surface area contributed by atoms with Gasteiger partial charge in [-0.05, 0) is 151 Å². The summed E-state index contributed by atoms with van der Waals surface area (Å²) in [6.45, 7) is 16.2. The lowest BCUT2D eigenvalue weighted by Crippen LogP contribution is -2.02. The van der Waals surface area contributed by atoms with Crippen molar-refractivity contribution >= 4 is 46.4 Å². The first-order chi connectivity index (χ1) is 29.5. The fraction of sp³-hybridized carbons (Fsp3) is 0.0769. The first kappa shape index (κ1) is 37.7. The second-order valence-electron chi connectivity index (χ2n) is 14.7. The highest BCUT2D eigenvalue weighted by Crippen LogP contribution is 2.46. The van der Waals surface area contributed by atoms with Gasteiger partial charge in [0.15, 0.2) is 0 Å². The lowest BCUT2D eigenvalue weighted by Gasteiger charge is -2.13. The Balaban J connectivity index is 1.61. The molecule has 7 aromatic rings. The molecule has 0 aromatic carbocycles. The van der Waals surface area contributed by atoms with E-state index in [-0.39, 0.29) is 0 Å². The van der Waals surface area contributed by atoms with E-state index in [1.807, 2.05) is 97.7 Å². The van der Waals surface area contributed by atoms with Gasteiger partial charge in [-0.2, -0.15) is 0 Å². The summed E-state index contributed by atoms with van der Waals surface area (Å²) in [4.78, 5) is 34.5. The number of hydrogen-bond donors (Lipinski definition) is 1. The molecular formula is C52H42N8. The van der Waals surface area contributed by atoms with Gasteiger partial charge in [-0.3, -0.25) is 19.5 Å². The first-order valence-electron chi connectivity index (χ1n) is 19.9. The molecule has 290 valence electrons. The fourth-order valence-corrected chi connectivity index (χ4v) is 7.88. The summed E-state index contributed by atoms with van der Waals surface area (Å²) in [7, 11) is 0. The van der Waals surface area contributed by atoms with Crippen LogP contribution in [0.4, 0.5) is 0 Å². The molecule has 0 radical (unpaired) electrons. The van der Waals surface area contributed by atoms with Crippen molar-refractivity contribution < 1.29 is 0 Å². The number of hydrogen-bond acceptors (Lipinski definition) is 6. The molecule has 9 rings (SSSR count). The Morgan fingerprint density at radius 2 is 0.933 bits per heavy atom. The zero-order chi connectivity index (χ0) is 41.0. The molecule has 8 nitrogen and oxygen atoms in total. The minimum Gasteiger partial charge on any atom is -0.355 e. The third-order valence-electron chi connectivity index (χ3n) is 10.5. The van der Waals surface area contributed by atoms with Gasteiger partial charge < -0.3 is 4.98 Å². The number of nitrogens with zero attached hydrogens (tertiary/aromatic N) is 7. The quantitative estimate of drug-likeness (QED) is 0.124. The van der Waals surface area contributed by atoms with E-state index < -0.39 is 0 Å². The number of pyridine rings is 4. The molecule has 8 heteroatoms. The minimum atomic E-state index is 0.663. The third-order valence-corrected chi connectivity index (χ3v) is 10.5. The Kier molecular flexibility index (Phi) is 10.4. The molecule has 7 aromatic heterocycles. The van der Waals surface area contributed by atoms with Crippen molar-refractivity contribution in [3.05, 3.63) is 199 Å². The van der Waals surface area contributed by atoms with Crippen LogP contribution in [0.5, 0.6) is 0 Å². The normalized spacial score (nSPS) is 11.7. The average molecular weight is 779 g/mol. The first-order valence-corrected chi connectivity index (χ1v) is 19.9. The number of aromatic nitrogens is 8. The monoisotopic (exact) mass is 778 g/mol. The lowest BCUT2D eigenvalue weighted by atomic mass is 9.96. The smallest absolute Gasteiger partial charge is 0.137 e. The zero-order valence-corrected chi connectivity index (χ0v) is 33.2. The highest BCUT2D eigenvalue weighted by Gasteiger charge is 2.28. The number of allylic oxidation sites excluding steroid dienone is 4. The van der Waals surface area contributed by atoms with E-state index in [9.17, 15) is 0 Å². The Labute approximate surface area is 349 Å². The number of H-pyrrole nitrogens is 1. The zero-order valence-electron chi connectivity index (χ0n) is 33.2. The summed E-state index contributed by atoms with van der Waals surface area (Å²) in [5, 5.41) is 0. The highest BCUT2D eigenvalue weighted by molar-refractivity contribution is 6.09. The van der Waals surface area contributed by atoms with Gasteiger partial charge in [0.2, 0.25) is 0 Å². The molecule has 0 atom stereocenters. The molecule has 8 bridgehead atoms. The van der Waals surface area contributed by atoms with Gasteiger partial charge in [-0.1, -0.05) is 24.3 Å². The predicted octanol–water partition coefficient (Wildman–Crippen LogP) is 11.6. The van der Waals surface area contributed by atoms with E-state index in [2.05, 4.69) is 90.5 Å². The van der Waals surface area contributed by atoms with Gasteiger partial charge in [-0.15, -0.1) is 26.3 Å². The summed E-state index contributed by atoms with van der Waals surface area (Å²) in [6, 6.07) is 27.0. The van der Waals surface area contributed by atoms with Crippen molar-refractivity contribution in [2.24, 2.45) is 0 Å². The predicted molar refractivity (Wildman–Crippen MR) is 247 cm³/mol. The van der Waals surface area contributed by atoms with Crippen molar-refractivity contribution in [2.45, 2.75) is 25.7 Å². The van der Waals surface area contributed by atoms with Crippen LogP contribution in [0.25, 0.3) is 86.0 Å². The van der Waals surface area contributed by atoms with Crippen molar-refractivity contribution in [3.8, 4) is 39.6 Å². The van der Waals surface area contributed by atoms with Crippen LogP contribution in [-0.2, 0) is 25.7 Å². The van der Waals surface area contributed by atoms with Crippen molar-refractivity contribution in [3.63, 3.8) is 0 Å². The van der Waals surface area contributed by atoms with Gasteiger partial charge in [0.05, 0.1) is 56.5 Å². The summed E-state index contributed by atoms with van der Waals surface area (Å²) < 4.78 is 2.22. The van der Waals surface area contributed by atoms with Crippen LogP contribution in [0.1, 0.15) is 45.0 Å². The van der Waals surface area contributed by atoms with Crippen LogP contribution < -0.4 is 0 Å². The number of rotatable bonds is 12. The van der Waals surface area contributed by atoms with Gasteiger partial charge in [0.1, 0.15) is 5.82 Å². The summed E-state index contributed by atoms with van der Waals surface area (Å²) in [5.74, 6) is 0.697. The highest BCUT2D eigenvalue weighted by atomic mass is 15.1. The maximum atomic E-state index is 5.34. The van der Waals surface area contributed by atoms with E-state index in [4.69, 9.17) is 29.9 Å². The number of aromatic amines is 1. The Morgan fingerprint density at radius 3 is 1.50 bits per heavy atom. The topological polar surface area (TPSA) is 98.1 Å². The van der Waals surface area contributed by atoms with Crippen LogP contribution >= 0.6 is 0 Å². The summed E-state index contributed by atoms with van der Waals surface area (Å²) in [6.07, 6.45) is 25.9. The van der Waals surface area contributed by atoms with Crippen LogP contribution in [-0.4, -0.2) is 39.5 Å². The van der Waals surface area contributed by atoms with Crippen LogP contribution in [0.2, 0.25) is 0 Å². The lowest BCUT2D eigenvalue weighted by molar-refractivity contribution is 1.06. The second kappa shape index (κ2) is 16.6. The molecule has 0 spiro atoms. The van der Waals surface area contributed by atoms with Gasteiger partial charge in [0, 0.05) is 46.9 Å². The molecule has 0 saturated heterocycles. The van der Waals surface area contributed by atoms with E-state index in [1.165, 1.54) is 0 Å². The van der Waals surface area contributed by atoms with Gasteiger partial charge >= 0.3 is 0 Å². The maximum Gasteiger partial charge on any atom is 0.137 e. The van der Waals surface area contributed by atoms with Crippen molar-refractivity contribution in [1.29, 1.82) is 0 Å². The van der Waals surface area contributed by atoms with Crippen LogP contribution in [0, 0.1) is 0 Å². The molecule has 1 N–H and O–H groups in total. The Hall–Kier alpha value is -7.84. The molecule has 0 aliphatic carbocycles. The maximum absolute atomic E-state index is 5.34. The van der Waals surface area contributed by atoms with E-state index >= 15 is 0 Å². The minimum absolute atomic E-state index is 0.663. The van der Waals surface area contributed by atoms with Gasteiger partial charge in [-0.25, -0.2) is 15.0 Å².